The molecule has 0 radical (unpaired) electrons. The van der Waals surface area contributed by atoms with Gasteiger partial charge >= 0.3 is 5.97 Å². The molecule has 0 aliphatic carbocycles. The summed E-state index contributed by atoms with van der Waals surface area (Å²) in [6.07, 6.45) is -0.0173. The number of thiophene rings is 1. The summed E-state index contributed by atoms with van der Waals surface area (Å²) in [5.41, 5.74) is 5.85. The van der Waals surface area contributed by atoms with E-state index in [2.05, 4.69) is 9.46 Å². The molecule has 96 valence electrons. The number of hydrogen-bond donors (Lipinski definition) is 2. The molecule has 0 fully saturated rings. The Bertz CT molecular complexity index is 495. The average molecular weight is 278 g/mol. The lowest BCUT2D eigenvalue weighted by atomic mass is 10.3. The van der Waals surface area contributed by atoms with Gasteiger partial charge in [0.15, 0.2) is 0 Å². The Morgan fingerprint density at radius 3 is 2.76 bits per heavy atom. The van der Waals surface area contributed by atoms with Gasteiger partial charge in [-0.25, -0.2) is 13.1 Å². The van der Waals surface area contributed by atoms with Gasteiger partial charge in [-0.2, -0.15) is 0 Å². The van der Waals surface area contributed by atoms with Crippen molar-refractivity contribution in [3.05, 3.63) is 11.4 Å². The number of methoxy groups -OCH3 is 1. The molecule has 0 aliphatic heterocycles. The molecule has 0 bridgehead atoms. The van der Waals surface area contributed by atoms with Crippen LogP contribution in [-0.2, 0) is 19.6 Å². The molecule has 1 aromatic rings. The van der Waals surface area contributed by atoms with Crippen molar-refractivity contribution < 1.29 is 17.9 Å². The molecule has 0 saturated heterocycles. The van der Waals surface area contributed by atoms with E-state index in [1.165, 1.54) is 13.2 Å². The summed E-state index contributed by atoms with van der Waals surface area (Å²) in [6, 6.07) is 0.841. The molecule has 3 N–H and O–H groups in total. The smallest absolute Gasteiger partial charge is 0.307 e. The van der Waals surface area contributed by atoms with Gasteiger partial charge in [-0.05, 0) is 13.0 Å². The Balaban J connectivity index is 2.70. The molecule has 1 heterocycles. The number of hydrogen-bond acceptors (Lipinski definition) is 6. The number of rotatable bonds is 5. The molecule has 0 aliphatic rings. The lowest BCUT2D eigenvalue weighted by Crippen LogP contribution is -2.34. The topological polar surface area (TPSA) is 98.5 Å². The zero-order chi connectivity index (χ0) is 13.1. The Morgan fingerprint density at radius 2 is 2.29 bits per heavy atom. The molecular weight excluding hydrogens is 264 g/mol. The maximum atomic E-state index is 11.8. The quantitative estimate of drug-likeness (QED) is 0.767. The van der Waals surface area contributed by atoms with Crippen LogP contribution in [0.5, 0.6) is 0 Å². The van der Waals surface area contributed by atoms with E-state index >= 15 is 0 Å². The lowest BCUT2D eigenvalue weighted by molar-refractivity contribution is -0.140. The third-order valence-corrected chi connectivity index (χ3v) is 4.96. The number of sulfonamides is 1. The number of nitrogens with one attached hydrogen (secondary N) is 1. The van der Waals surface area contributed by atoms with Crippen LogP contribution in [0.15, 0.2) is 15.7 Å². The summed E-state index contributed by atoms with van der Waals surface area (Å²) in [5, 5.41) is 1.54. The summed E-state index contributed by atoms with van der Waals surface area (Å²) >= 11 is 1.03. The number of ether oxygens (including phenoxy) is 1. The highest BCUT2D eigenvalue weighted by atomic mass is 32.2. The van der Waals surface area contributed by atoms with Crippen molar-refractivity contribution >= 4 is 33.0 Å². The van der Waals surface area contributed by atoms with E-state index in [1.807, 2.05) is 0 Å². The normalized spacial score (nSPS) is 13.3. The number of esters is 1. The van der Waals surface area contributed by atoms with Crippen molar-refractivity contribution in [3.8, 4) is 0 Å². The highest BCUT2D eigenvalue weighted by Gasteiger charge is 2.20. The summed E-state index contributed by atoms with van der Waals surface area (Å²) in [4.78, 5) is 11.0. The molecule has 0 amide bonds. The van der Waals surface area contributed by atoms with Crippen LogP contribution >= 0.6 is 11.3 Å². The van der Waals surface area contributed by atoms with E-state index in [9.17, 15) is 13.2 Å². The molecule has 1 atom stereocenters. The minimum absolute atomic E-state index is 0.0173. The van der Waals surface area contributed by atoms with Crippen molar-refractivity contribution in [3.63, 3.8) is 0 Å². The van der Waals surface area contributed by atoms with Gasteiger partial charge in [-0.3, -0.25) is 4.79 Å². The summed E-state index contributed by atoms with van der Waals surface area (Å²) in [6.45, 7) is 1.59. The average Bonchev–Trinajstić information content (AvgIpc) is 2.64. The molecule has 1 aromatic heterocycles. The van der Waals surface area contributed by atoms with E-state index in [1.54, 1.807) is 12.3 Å². The summed E-state index contributed by atoms with van der Waals surface area (Å²) in [5.74, 6) is -0.467. The Labute approximate surface area is 104 Å². The highest BCUT2D eigenvalue weighted by molar-refractivity contribution is 7.91. The van der Waals surface area contributed by atoms with Crippen LogP contribution in [0.1, 0.15) is 13.3 Å². The van der Waals surface area contributed by atoms with Crippen LogP contribution in [0.4, 0.5) is 5.69 Å². The Hall–Kier alpha value is -1.12. The molecule has 8 heteroatoms. The Morgan fingerprint density at radius 1 is 1.65 bits per heavy atom. The molecular formula is C9H14N2O4S2. The first kappa shape index (κ1) is 13.9. The molecule has 17 heavy (non-hydrogen) atoms. The monoisotopic (exact) mass is 278 g/mol. The van der Waals surface area contributed by atoms with Crippen LogP contribution in [0.2, 0.25) is 0 Å². The van der Waals surface area contributed by atoms with Crippen LogP contribution in [-0.4, -0.2) is 27.5 Å². The minimum Gasteiger partial charge on any atom is -0.469 e. The van der Waals surface area contributed by atoms with Gasteiger partial charge in [0.05, 0.1) is 13.5 Å². The molecule has 1 rings (SSSR count). The predicted molar refractivity (Wildman–Crippen MR) is 65.1 cm³/mol. The first-order valence-electron chi connectivity index (χ1n) is 4.78. The second kappa shape index (κ2) is 5.48. The van der Waals surface area contributed by atoms with Crippen molar-refractivity contribution in [1.29, 1.82) is 0 Å². The number of anilines is 1. The Kier molecular flexibility index (Phi) is 4.49. The van der Waals surface area contributed by atoms with Gasteiger partial charge in [-0.15, -0.1) is 11.3 Å². The van der Waals surface area contributed by atoms with Crippen LogP contribution in [0.3, 0.4) is 0 Å². The fourth-order valence-electron chi connectivity index (χ4n) is 1.17. The van der Waals surface area contributed by atoms with Gasteiger partial charge < -0.3 is 10.5 Å². The number of nitrogens with two attached hydrogens (primary N) is 1. The molecule has 0 saturated carbocycles. The molecule has 0 spiro atoms. The third kappa shape index (κ3) is 3.99. The zero-order valence-corrected chi connectivity index (χ0v) is 11.1. The number of carbonyl (C=O) groups is 1. The van der Waals surface area contributed by atoms with Gasteiger partial charge in [0.1, 0.15) is 4.21 Å². The summed E-state index contributed by atoms with van der Waals surface area (Å²) < 4.78 is 30.6. The van der Waals surface area contributed by atoms with E-state index in [-0.39, 0.29) is 10.6 Å². The van der Waals surface area contributed by atoms with Gasteiger partial charge in [0.25, 0.3) is 0 Å². The molecule has 0 aromatic carbocycles. The fourth-order valence-corrected chi connectivity index (χ4v) is 3.51. The van der Waals surface area contributed by atoms with Crippen LogP contribution < -0.4 is 10.5 Å². The largest absolute Gasteiger partial charge is 0.469 e. The van der Waals surface area contributed by atoms with Crippen LogP contribution in [0, 0.1) is 0 Å². The standard InChI is InChI=1S/C9H14N2O4S2/c1-6(3-8(12)15-2)11-17(13,14)9-4-7(10)5-16-9/h4-6,11H,3,10H2,1-2H3. The van der Waals surface area contributed by atoms with Crippen molar-refractivity contribution in [2.75, 3.05) is 12.8 Å². The lowest BCUT2D eigenvalue weighted by Gasteiger charge is -2.11. The maximum Gasteiger partial charge on any atom is 0.307 e. The van der Waals surface area contributed by atoms with Crippen molar-refractivity contribution in [1.82, 2.24) is 4.72 Å². The predicted octanol–water partition coefficient (Wildman–Crippen LogP) is 0.560. The number of carbonyl (C=O) groups excluding carboxylic acids is 1. The second-order valence-electron chi connectivity index (χ2n) is 3.50. The highest BCUT2D eigenvalue weighted by Crippen LogP contribution is 2.21. The van der Waals surface area contributed by atoms with E-state index in [0.717, 1.165) is 11.3 Å². The van der Waals surface area contributed by atoms with Gasteiger partial charge in [0, 0.05) is 17.1 Å². The SMILES string of the molecule is COC(=O)CC(C)NS(=O)(=O)c1cc(N)cs1. The van der Waals surface area contributed by atoms with Gasteiger partial charge in [-0.1, -0.05) is 0 Å². The minimum atomic E-state index is -3.61. The number of nitrogen functional groups attached to an aromatic ring is 1. The maximum absolute atomic E-state index is 11.8. The van der Waals surface area contributed by atoms with Crippen molar-refractivity contribution in [2.45, 2.75) is 23.6 Å². The zero-order valence-electron chi connectivity index (χ0n) is 9.47. The first-order valence-corrected chi connectivity index (χ1v) is 7.14. The first-order chi connectivity index (χ1) is 7.85. The van der Waals surface area contributed by atoms with E-state index < -0.39 is 22.0 Å². The second-order valence-corrected chi connectivity index (χ2v) is 6.35. The third-order valence-electron chi connectivity index (χ3n) is 1.92. The van der Waals surface area contributed by atoms with Gasteiger partial charge in [0.2, 0.25) is 10.0 Å². The van der Waals surface area contributed by atoms with Crippen LogP contribution in [0.25, 0.3) is 0 Å². The van der Waals surface area contributed by atoms with E-state index in [4.69, 9.17) is 5.73 Å². The van der Waals surface area contributed by atoms with E-state index in [0.29, 0.717) is 5.69 Å². The molecule has 1 unspecified atom stereocenters. The van der Waals surface area contributed by atoms with Crippen molar-refractivity contribution in [2.24, 2.45) is 0 Å². The molecule has 6 nitrogen and oxygen atoms in total. The fraction of sp³-hybridized carbons (Fsp3) is 0.444. The summed E-state index contributed by atoms with van der Waals surface area (Å²) in [7, 11) is -2.36.